The van der Waals surface area contributed by atoms with Crippen molar-refractivity contribution in [1.82, 2.24) is 19.8 Å². The molecule has 0 unspecified atom stereocenters. The second kappa shape index (κ2) is 7.28. The van der Waals surface area contributed by atoms with Crippen LogP contribution in [0.25, 0.3) is 5.69 Å². The van der Waals surface area contributed by atoms with E-state index in [1.54, 1.807) is 41.5 Å². The molecule has 1 aromatic heterocycles. The van der Waals surface area contributed by atoms with Gasteiger partial charge in [-0.15, -0.1) is 0 Å². The van der Waals surface area contributed by atoms with Crippen LogP contribution < -0.4 is 10.6 Å². The lowest BCUT2D eigenvalue weighted by Crippen LogP contribution is -2.34. The third-order valence-electron chi connectivity index (χ3n) is 4.56. The van der Waals surface area contributed by atoms with Gasteiger partial charge in [-0.1, -0.05) is 0 Å². The lowest BCUT2D eigenvalue weighted by molar-refractivity contribution is -0.137. The number of amides is 3. The summed E-state index contributed by atoms with van der Waals surface area (Å²) in [6, 6.07) is 5.31. The second-order valence-corrected chi connectivity index (χ2v) is 6.65. The number of carbonyl (C=O) groups is 3. The summed E-state index contributed by atoms with van der Waals surface area (Å²) in [7, 11) is 0. The number of nitrogens with zero attached hydrogens (tertiary/aromatic N) is 3. The number of hydrogen-bond acceptors (Lipinski definition) is 6. The van der Waals surface area contributed by atoms with E-state index in [0.29, 0.717) is 16.9 Å². The largest absolute Gasteiger partial charge is 0.395 e. The summed E-state index contributed by atoms with van der Waals surface area (Å²) >= 11 is 0. The molecular formula is C19H19N5O4. The maximum absolute atomic E-state index is 12.4. The SMILES string of the molecule is O=C(NC1CC1)c1ccc(-n2ccnc2)c(NC2=CC(=O)N(CCO)C2=O)c1. The Morgan fingerprint density at radius 3 is 2.79 bits per heavy atom. The van der Waals surface area contributed by atoms with Crippen LogP contribution in [-0.4, -0.2) is 56.5 Å². The second-order valence-electron chi connectivity index (χ2n) is 6.65. The lowest BCUT2D eigenvalue weighted by atomic mass is 10.1. The molecule has 0 spiro atoms. The van der Waals surface area contributed by atoms with Crippen LogP contribution in [0.5, 0.6) is 0 Å². The molecule has 144 valence electrons. The number of benzene rings is 1. The molecule has 28 heavy (non-hydrogen) atoms. The van der Waals surface area contributed by atoms with Crippen molar-refractivity contribution in [3.8, 4) is 5.69 Å². The highest BCUT2D eigenvalue weighted by atomic mass is 16.3. The molecular weight excluding hydrogens is 362 g/mol. The molecule has 1 fully saturated rings. The number of aromatic nitrogens is 2. The lowest BCUT2D eigenvalue weighted by Gasteiger charge is -2.16. The van der Waals surface area contributed by atoms with Crippen molar-refractivity contribution in [3.05, 3.63) is 54.3 Å². The molecule has 9 heteroatoms. The van der Waals surface area contributed by atoms with Crippen LogP contribution in [0, 0.1) is 0 Å². The number of imidazole rings is 1. The Labute approximate surface area is 160 Å². The summed E-state index contributed by atoms with van der Waals surface area (Å²) in [5.74, 6) is -1.20. The zero-order valence-corrected chi connectivity index (χ0v) is 15.0. The van der Waals surface area contributed by atoms with E-state index in [1.165, 1.54) is 6.08 Å². The predicted molar refractivity (Wildman–Crippen MR) is 99.6 cm³/mol. The van der Waals surface area contributed by atoms with E-state index in [-0.39, 0.29) is 30.8 Å². The van der Waals surface area contributed by atoms with Gasteiger partial charge < -0.3 is 20.3 Å². The normalized spacial score (nSPS) is 16.3. The van der Waals surface area contributed by atoms with Crippen LogP contribution in [-0.2, 0) is 9.59 Å². The molecule has 2 aromatic rings. The van der Waals surface area contributed by atoms with Gasteiger partial charge in [0.1, 0.15) is 5.70 Å². The first-order valence-electron chi connectivity index (χ1n) is 8.95. The average Bonchev–Trinajstić information content (AvgIpc) is 3.25. The Kier molecular flexibility index (Phi) is 4.66. The van der Waals surface area contributed by atoms with Gasteiger partial charge in [-0.05, 0) is 31.0 Å². The monoisotopic (exact) mass is 381 g/mol. The molecule has 2 heterocycles. The smallest absolute Gasteiger partial charge is 0.277 e. The molecule has 3 amide bonds. The van der Waals surface area contributed by atoms with Gasteiger partial charge >= 0.3 is 0 Å². The number of rotatable bonds is 7. The molecule has 0 radical (unpaired) electrons. The van der Waals surface area contributed by atoms with Gasteiger partial charge in [0.15, 0.2) is 0 Å². The number of aliphatic hydroxyl groups excluding tert-OH is 1. The standard InChI is InChI=1S/C19H19N5O4/c25-8-7-24-17(26)10-15(19(24)28)22-14-9-12(18(27)21-13-2-3-13)1-4-16(14)23-6-5-20-11-23/h1,4-6,9-11,13,22,25H,2-3,7-8H2,(H,21,27). The number of hydrogen-bond donors (Lipinski definition) is 3. The highest BCUT2D eigenvalue weighted by Gasteiger charge is 2.31. The molecule has 1 aromatic carbocycles. The van der Waals surface area contributed by atoms with E-state index in [2.05, 4.69) is 15.6 Å². The summed E-state index contributed by atoms with van der Waals surface area (Å²) in [6.45, 7) is -0.382. The van der Waals surface area contributed by atoms with E-state index in [0.717, 1.165) is 17.7 Å². The zero-order valence-electron chi connectivity index (χ0n) is 15.0. The number of imide groups is 1. The first-order valence-corrected chi connectivity index (χ1v) is 8.95. The number of anilines is 1. The topological polar surface area (TPSA) is 117 Å². The quantitative estimate of drug-likeness (QED) is 0.599. The zero-order chi connectivity index (χ0) is 19.7. The van der Waals surface area contributed by atoms with Gasteiger partial charge in [-0.3, -0.25) is 19.3 Å². The van der Waals surface area contributed by atoms with E-state index in [1.807, 2.05) is 0 Å². The number of β-amino-alcohol motifs (C(OH)–C–C–N with tert-alkyl or cyclic N) is 1. The molecule has 0 atom stereocenters. The maximum Gasteiger partial charge on any atom is 0.277 e. The summed E-state index contributed by atoms with van der Waals surface area (Å²) < 4.78 is 1.73. The molecule has 2 aliphatic rings. The Bertz CT molecular complexity index is 963. The van der Waals surface area contributed by atoms with E-state index < -0.39 is 11.8 Å². The minimum atomic E-state index is -0.525. The summed E-state index contributed by atoms with van der Waals surface area (Å²) in [6.07, 6.45) is 8.09. The fourth-order valence-corrected chi connectivity index (χ4v) is 2.96. The summed E-state index contributed by atoms with van der Waals surface area (Å²) in [5.41, 5.74) is 1.68. The van der Waals surface area contributed by atoms with Crippen molar-refractivity contribution < 1.29 is 19.5 Å². The molecule has 4 rings (SSSR count). The van der Waals surface area contributed by atoms with Crippen LogP contribution in [0.1, 0.15) is 23.2 Å². The van der Waals surface area contributed by atoms with Crippen molar-refractivity contribution in [1.29, 1.82) is 0 Å². The van der Waals surface area contributed by atoms with E-state index in [9.17, 15) is 14.4 Å². The van der Waals surface area contributed by atoms with Crippen molar-refractivity contribution >= 4 is 23.4 Å². The van der Waals surface area contributed by atoms with Crippen LogP contribution in [0.3, 0.4) is 0 Å². The Morgan fingerprint density at radius 2 is 2.11 bits per heavy atom. The number of nitrogens with one attached hydrogen (secondary N) is 2. The fraction of sp³-hybridized carbons (Fsp3) is 0.263. The van der Waals surface area contributed by atoms with E-state index in [4.69, 9.17) is 5.11 Å². The molecule has 1 saturated carbocycles. The van der Waals surface area contributed by atoms with Gasteiger partial charge in [0, 0.05) is 30.1 Å². The van der Waals surface area contributed by atoms with Crippen molar-refractivity contribution in [2.45, 2.75) is 18.9 Å². The molecule has 3 N–H and O–H groups in total. The average molecular weight is 381 g/mol. The van der Waals surface area contributed by atoms with E-state index >= 15 is 0 Å². The number of carbonyl (C=O) groups excluding carboxylic acids is 3. The van der Waals surface area contributed by atoms with Gasteiger partial charge in [0.25, 0.3) is 17.7 Å². The van der Waals surface area contributed by atoms with Crippen molar-refractivity contribution in [2.75, 3.05) is 18.5 Å². The van der Waals surface area contributed by atoms with Crippen LogP contribution >= 0.6 is 0 Å². The highest BCUT2D eigenvalue weighted by Crippen LogP contribution is 2.26. The predicted octanol–water partition coefficient (Wildman–Crippen LogP) is 0.421. The minimum Gasteiger partial charge on any atom is -0.395 e. The van der Waals surface area contributed by atoms with Gasteiger partial charge in [0.2, 0.25) is 0 Å². The minimum absolute atomic E-state index is 0.0719. The van der Waals surface area contributed by atoms with Gasteiger partial charge in [0.05, 0.1) is 30.9 Å². The Morgan fingerprint density at radius 1 is 1.29 bits per heavy atom. The Balaban J connectivity index is 1.65. The Hall–Kier alpha value is -3.46. The molecule has 1 aliphatic heterocycles. The maximum atomic E-state index is 12.4. The van der Waals surface area contributed by atoms with Crippen LogP contribution in [0.2, 0.25) is 0 Å². The molecule has 0 saturated heterocycles. The first kappa shape index (κ1) is 17.9. The third kappa shape index (κ3) is 3.52. The number of aliphatic hydroxyl groups is 1. The van der Waals surface area contributed by atoms with Crippen LogP contribution in [0.15, 0.2) is 48.7 Å². The molecule has 0 bridgehead atoms. The first-order chi connectivity index (χ1) is 13.6. The van der Waals surface area contributed by atoms with Gasteiger partial charge in [-0.25, -0.2) is 4.98 Å². The summed E-state index contributed by atoms with van der Waals surface area (Å²) in [4.78, 5) is 41.8. The third-order valence-corrected chi connectivity index (χ3v) is 4.56. The molecule has 1 aliphatic carbocycles. The van der Waals surface area contributed by atoms with Crippen molar-refractivity contribution in [3.63, 3.8) is 0 Å². The summed E-state index contributed by atoms with van der Waals surface area (Å²) in [5, 5.41) is 14.9. The fourth-order valence-electron chi connectivity index (χ4n) is 2.96. The highest BCUT2D eigenvalue weighted by molar-refractivity contribution is 6.17. The molecule has 9 nitrogen and oxygen atoms in total. The van der Waals surface area contributed by atoms with Gasteiger partial charge in [-0.2, -0.15) is 0 Å². The van der Waals surface area contributed by atoms with Crippen molar-refractivity contribution in [2.24, 2.45) is 0 Å². The van der Waals surface area contributed by atoms with Crippen LogP contribution in [0.4, 0.5) is 5.69 Å².